The van der Waals surface area contributed by atoms with Crippen molar-refractivity contribution in [1.29, 1.82) is 0 Å². The first kappa shape index (κ1) is 16.7. The minimum atomic E-state index is -1.02. The van der Waals surface area contributed by atoms with Crippen LogP contribution in [0.1, 0.15) is 29.8 Å². The summed E-state index contributed by atoms with van der Waals surface area (Å²) in [5.74, 6) is -1.13. The summed E-state index contributed by atoms with van der Waals surface area (Å²) in [5, 5.41) is 13.2. The van der Waals surface area contributed by atoms with E-state index in [9.17, 15) is 9.59 Å². The maximum Gasteiger partial charge on any atom is 0.323 e. The second-order valence-corrected chi connectivity index (χ2v) is 5.89. The maximum atomic E-state index is 12.5. The molecule has 2 aromatic rings. The summed E-state index contributed by atoms with van der Waals surface area (Å²) in [6, 6.07) is 9.80. The van der Waals surface area contributed by atoms with Gasteiger partial charge < -0.3 is 10.0 Å². The first-order valence-corrected chi connectivity index (χ1v) is 7.53. The van der Waals surface area contributed by atoms with Gasteiger partial charge in [0.15, 0.2) is 0 Å². The molecule has 0 fully saturated rings. The topological polar surface area (TPSA) is 75.4 Å². The number of nitrogens with zero attached hydrogens (tertiary/aromatic N) is 3. The van der Waals surface area contributed by atoms with E-state index in [2.05, 4.69) is 5.10 Å². The van der Waals surface area contributed by atoms with Crippen LogP contribution in [0.15, 0.2) is 42.7 Å². The zero-order chi connectivity index (χ0) is 16.8. The van der Waals surface area contributed by atoms with Gasteiger partial charge in [0, 0.05) is 12.7 Å². The molecule has 6 heteroatoms. The molecule has 122 valence electrons. The van der Waals surface area contributed by atoms with Crippen molar-refractivity contribution in [2.24, 2.45) is 5.92 Å². The third-order valence-electron chi connectivity index (χ3n) is 3.27. The van der Waals surface area contributed by atoms with Gasteiger partial charge in [0.1, 0.15) is 6.54 Å². The Morgan fingerprint density at radius 2 is 1.96 bits per heavy atom. The molecule has 1 aromatic carbocycles. The number of amides is 1. The van der Waals surface area contributed by atoms with Crippen LogP contribution in [-0.2, 0) is 11.3 Å². The van der Waals surface area contributed by atoms with Crippen LogP contribution in [-0.4, -0.2) is 44.8 Å². The molecule has 6 nitrogen and oxygen atoms in total. The van der Waals surface area contributed by atoms with E-state index in [4.69, 9.17) is 5.11 Å². The number of benzene rings is 1. The third kappa shape index (κ3) is 4.95. The lowest BCUT2D eigenvalue weighted by atomic mass is 10.2. The number of hydrogen-bond donors (Lipinski definition) is 1. The van der Waals surface area contributed by atoms with E-state index >= 15 is 0 Å². The normalized spacial score (nSPS) is 10.7. The van der Waals surface area contributed by atoms with Crippen molar-refractivity contribution in [2.75, 3.05) is 13.1 Å². The molecular weight excluding hydrogens is 294 g/mol. The van der Waals surface area contributed by atoms with E-state index in [1.54, 1.807) is 10.9 Å². The molecular formula is C17H21N3O3. The molecule has 1 heterocycles. The first-order chi connectivity index (χ1) is 11.0. The Hall–Kier alpha value is -2.63. The quantitative estimate of drug-likeness (QED) is 0.849. The smallest absolute Gasteiger partial charge is 0.323 e. The standard InChI is InChI=1S/C17H21N3O3/c1-13(2)9-19(12-16(21)22)17(23)15-8-18-20(11-15)10-14-6-4-3-5-7-14/h3-8,11,13H,9-10,12H2,1-2H3,(H,21,22). The molecule has 0 unspecified atom stereocenters. The van der Waals surface area contributed by atoms with Crippen molar-refractivity contribution in [2.45, 2.75) is 20.4 Å². The highest BCUT2D eigenvalue weighted by Gasteiger charge is 2.20. The van der Waals surface area contributed by atoms with Crippen LogP contribution in [0, 0.1) is 5.92 Å². The average molecular weight is 315 g/mol. The van der Waals surface area contributed by atoms with Crippen LogP contribution in [0.5, 0.6) is 0 Å². The van der Waals surface area contributed by atoms with Gasteiger partial charge in [-0.2, -0.15) is 5.10 Å². The van der Waals surface area contributed by atoms with E-state index in [1.807, 2.05) is 44.2 Å². The molecule has 0 aliphatic carbocycles. The van der Waals surface area contributed by atoms with Gasteiger partial charge >= 0.3 is 5.97 Å². The molecule has 1 N–H and O–H groups in total. The summed E-state index contributed by atoms with van der Waals surface area (Å²) in [6.45, 7) is 4.55. The van der Waals surface area contributed by atoms with Crippen molar-refractivity contribution >= 4 is 11.9 Å². The van der Waals surface area contributed by atoms with E-state index in [0.717, 1.165) is 5.56 Å². The molecule has 1 amide bonds. The molecule has 0 aliphatic rings. The molecule has 2 rings (SSSR count). The van der Waals surface area contributed by atoms with Crippen LogP contribution in [0.25, 0.3) is 0 Å². The lowest BCUT2D eigenvalue weighted by molar-refractivity contribution is -0.137. The minimum absolute atomic E-state index is 0.192. The van der Waals surface area contributed by atoms with Crippen molar-refractivity contribution < 1.29 is 14.7 Å². The first-order valence-electron chi connectivity index (χ1n) is 7.53. The third-order valence-corrected chi connectivity index (χ3v) is 3.27. The minimum Gasteiger partial charge on any atom is -0.480 e. The fourth-order valence-electron chi connectivity index (χ4n) is 2.34. The van der Waals surface area contributed by atoms with Crippen LogP contribution < -0.4 is 0 Å². The Morgan fingerprint density at radius 3 is 2.57 bits per heavy atom. The zero-order valence-corrected chi connectivity index (χ0v) is 13.3. The lowest BCUT2D eigenvalue weighted by Crippen LogP contribution is -2.38. The molecule has 1 aromatic heterocycles. The Kier molecular flexibility index (Phi) is 5.51. The number of carboxylic acids is 1. The second kappa shape index (κ2) is 7.58. The SMILES string of the molecule is CC(C)CN(CC(=O)O)C(=O)c1cnn(Cc2ccccc2)c1. The van der Waals surface area contributed by atoms with E-state index in [0.29, 0.717) is 18.7 Å². The number of carbonyl (C=O) groups excluding carboxylic acids is 1. The highest BCUT2D eigenvalue weighted by atomic mass is 16.4. The average Bonchev–Trinajstić information content (AvgIpc) is 2.94. The van der Waals surface area contributed by atoms with Crippen LogP contribution in [0.2, 0.25) is 0 Å². The summed E-state index contributed by atoms with van der Waals surface area (Å²) < 4.78 is 1.68. The fraction of sp³-hybridized carbons (Fsp3) is 0.353. The summed E-state index contributed by atoms with van der Waals surface area (Å²) in [7, 11) is 0. The van der Waals surface area contributed by atoms with Crippen LogP contribution >= 0.6 is 0 Å². The zero-order valence-electron chi connectivity index (χ0n) is 13.3. The lowest BCUT2D eigenvalue weighted by Gasteiger charge is -2.21. The van der Waals surface area contributed by atoms with Crippen LogP contribution in [0.3, 0.4) is 0 Å². The van der Waals surface area contributed by atoms with Crippen molar-refractivity contribution in [3.05, 3.63) is 53.9 Å². The van der Waals surface area contributed by atoms with E-state index in [-0.39, 0.29) is 18.4 Å². The molecule has 23 heavy (non-hydrogen) atoms. The highest BCUT2D eigenvalue weighted by molar-refractivity contribution is 5.95. The van der Waals surface area contributed by atoms with Gasteiger partial charge in [0.2, 0.25) is 0 Å². The van der Waals surface area contributed by atoms with Crippen LogP contribution in [0.4, 0.5) is 0 Å². The number of carbonyl (C=O) groups is 2. The number of aliphatic carboxylic acids is 1. The van der Waals surface area contributed by atoms with Gasteiger partial charge in [-0.15, -0.1) is 0 Å². The fourth-order valence-corrected chi connectivity index (χ4v) is 2.34. The second-order valence-electron chi connectivity index (χ2n) is 5.89. The Morgan fingerprint density at radius 1 is 1.26 bits per heavy atom. The monoisotopic (exact) mass is 315 g/mol. The largest absolute Gasteiger partial charge is 0.480 e. The van der Waals surface area contributed by atoms with Crippen molar-refractivity contribution in [3.63, 3.8) is 0 Å². The predicted molar refractivity (Wildman–Crippen MR) is 86.1 cm³/mol. The Balaban J connectivity index is 2.10. The molecule has 0 atom stereocenters. The molecule has 0 aliphatic heterocycles. The molecule has 0 spiro atoms. The maximum absolute atomic E-state index is 12.5. The molecule has 0 saturated heterocycles. The van der Waals surface area contributed by atoms with E-state index in [1.165, 1.54) is 11.1 Å². The van der Waals surface area contributed by atoms with E-state index < -0.39 is 5.97 Å². The molecule has 0 bridgehead atoms. The van der Waals surface area contributed by atoms with Crippen molar-refractivity contribution in [1.82, 2.24) is 14.7 Å². The summed E-state index contributed by atoms with van der Waals surface area (Å²) in [5.41, 5.74) is 1.49. The van der Waals surface area contributed by atoms with Gasteiger partial charge in [0.25, 0.3) is 5.91 Å². The van der Waals surface area contributed by atoms with Gasteiger partial charge in [-0.1, -0.05) is 44.2 Å². The summed E-state index contributed by atoms with van der Waals surface area (Å²) in [4.78, 5) is 24.8. The Labute approximate surface area is 135 Å². The summed E-state index contributed by atoms with van der Waals surface area (Å²) in [6.07, 6.45) is 3.14. The van der Waals surface area contributed by atoms with Gasteiger partial charge in [-0.3, -0.25) is 14.3 Å². The van der Waals surface area contributed by atoms with Gasteiger partial charge in [-0.25, -0.2) is 0 Å². The molecule has 0 saturated carbocycles. The molecule has 0 radical (unpaired) electrons. The summed E-state index contributed by atoms with van der Waals surface area (Å²) >= 11 is 0. The predicted octanol–water partition coefficient (Wildman–Crippen LogP) is 2.11. The highest BCUT2D eigenvalue weighted by Crippen LogP contribution is 2.09. The Bertz CT molecular complexity index is 665. The number of aromatic nitrogens is 2. The number of rotatable bonds is 7. The van der Waals surface area contributed by atoms with Gasteiger partial charge in [0.05, 0.1) is 18.3 Å². The van der Waals surface area contributed by atoms with Crippen molar-refractivity contribution in [3.8, 4) is 0 Å². The van der Waals surface area contributed by atoms with Gasteiger partial charge in [-0.05, 0) is 11.5 Å². The number of carboxylic acid groups (broad SMARTS) is 1. The number of hydrogen-bond acceptors (Lipinski definition) is 3.